The Hall–Kier alpha value is -2.18. The third-order valence-corrected chi connectivity index (χ3v) is 6.77. The van der Waals surface area contributed by atoms with Crippen LogP contribution in [0.1, 0.15) is 43.4 Å². The fourth-order valence-electron chi connectivity index (χ4n) is 3.92. The van der Waals surface area contributed by atoms with Gasteiger partial charge in [0.15, 0.2) is 0 Å². The minimum Gasteiger partial charge on any atom is -0.330 e. The fraction of sp³-hybridized carbons (Fsp3) is 0.364. The Labute approximate surface area is 170 Å². The molecule has 0 radical (unpaired) electrons. The van der Waals surface area contributed by atoms with E-state index in [1.807, 2.05) is 31.2 Å². The highest BCUT2D eigenvalue weighted by Crippen LogP contribution is 2.54. The number of hydrogen-bond donors (Lipinski definition) is 1. The van der Waals surface area contributed by atoms with Crippen molar-refractivity contribution in [3.05, 3.63) is 71.0 Å². The molecule has 0 saturated carbocycles. The van der Waals surface area contributed by atoms with E-state index in [4.69, 9.17) is 5.73 Å². The number of nitrogens with two attached hydrogens (primary N) is 1. The molecule has 0 bridgehead atoms. The summed E-state index contributed by atoms with van der Waals surface area (Å²) < 4.78 is 13.8. The lowest BCUT2D eigenvalue weighted by Crippen LogP contribution is -2.47. The molecular weight excluding hydrogens is 373 g/mol. The van der Waals surface area contributed by atoms with Gasteiger partial charge in [0.2, 0.25) is 5.91 Å². The maximum Gasteiger partial charge on any atom is 0.241 e. The van der Waals surface area contributed by atoms with Crippen LogP contribution in [-0.2, 0) is 9.67 Å². The molecule has 28 heavy (non-hydrogen) atoms. The van der Waals surface area contributed by atoms with E-state index >= 15 is 0 Å². The summed E-state index contributed by atoms with van der Waals surface area (Å²) in [6.07, 6.45) is 1.60. The zero-order valence-corrected chi connectivity index (χ0v) is 17.3. The van der Waals surface area contributed by atoms with Gasteiger partial charge in [0.1, 0.15) is 15.7 Å². The fourth-order valence-corrected chi connectivity index (χ4v) is 5.62. The Morgan fingerprint density at radius 1 is 1.29 bits per heavy atom. The van der Waals surface area contributed by atoms with Crippen molar-refractivity contribution in [3.63, 3.8) is 0 Å². The van der Waals surface area contributed by atoms with Crippen molar-refractivity contribution >= 4 is 22.7 Å². The first kappa shape index (κ1) is 20.6. The molecule has 148 valence electrons. The van der Waals surface area contributed by atoms with E-state index in [1.54, 1.807) is 11.1 Å². The van der Waals surface area contributed by atoms with Gasteiger partial charge in [-0.2, -0.15) is 5.10 Å². The second-order valence-electron chi connectivity index (χ2n) is 7.04. The summed E-state index contributed by atoms with van der Waals surface area (Å²) in [6, 6.07) is 14.4. The zero-order valence-electron chi connectivity index (χ0n) is 16.5. The number of thioether (sulfide) groups is 1. The average Bonchev–Trinajstić information content (AvgIpc) is 3.08. The van der Waals surface area contributed by atoms with Gasteiger partial charge >= 0.3 is 0 Å². The van der Waals surface area contributed by atoms with Gasteiger partial charge in [0.05, 0.1) is 0 Å². The molecule has 1 amide bonds. The van der Waals surface area contributed by atoms with Crippen LogP contribution in [0.15, 0.2) is 53.6 Å². The second-order valence-corrected chi connectivity index (χ2v) is 8.26. The first-order chi connectivity index (χ1) is 13.4. The average molecular weight is 400 g/mol. The van der Waals surface area contributed by atoms with E-state index in [9.17, 15) is 9.18 Å². The largest absolute Gasteiger partial charge is 0.330 e. The van der Waals surface area contributed by atoms with Crippen LogP contribution in [0.25, 0.3) is 0 Å². The molecule has 2 atom stereocenters. The summed E-state index contributed by atoms with van der Waals surface area (Å²) in [6.45, 7) is 6.21. The lowest BCUT2D eigenvalue weighted by molar-refractivity contribution is -0.133. The van der Waals surface area contributed by atoms with Crippen molar-refractivity contribution in [1.29, 1.82) is 0 Å². The summed E-state index contributed by atoms with van der Waals surface area (Å²) in [4.78, 5) is 12.0. The molecule has 0 spiro atoms. The molecular formula is C22H26FN3OS. The van der Waals surface area contributed by atoms with E-state index in [2.05, 4.69) is 18.1 Å². The SMILES string of the molecule is CC[C@@H](CCN)[C@@]1(c2ccccc2C)SC(c2cccc(F)c2)=NN1C(C)=O. The molecule has 0 aromatic heterocycles. The van der Waals surface area contributed by atoms with Gasteiger partial charge in [-0.25, -0.2) is 9.40 Å². The third-order valence-electron chi connectivity index (χ3n) is 5.22. The van der Waals surface area contributed by atoms with Crippen molar-refractivity contribution in [1.82, 2.24) is 5.01 Å². The van der Waals surface area contributed by atoms with Gasteiger partial charge in [0, 0.05) is 12.5 Å². The van der Waals surface area contributed by atoms with Gasteiger partial charge in [0.25, 0.3) is 0 Å². The zero-order chi connectivity index (χ0) is 20.3. The number of aryl methyl sites for hydroxylation is 1. The Morgan fingerprint density at radius 2 is 2.04 bits per heavy atom. The summed E-state index contributed by atoms with van der Waals surface area (Å²) in [5, 5.41) is 6.91. The Kier molecular flexibility index (Phi) is 6.20. The molecule has 2 N–H and O–H groups in total. The van der Waals surface area contributed by atoms with Crippen molar-refractivity contribution in [3.8, 4) is 0 Å². The van der Waals surface area contributed by atoms with Crippen LogP contribution in [0, 0.1) is 18.7 Å². The molecule has 1 heterocycles. The smallest absolute Gasteiger partial charge is 0.241 e. The molecule has 2 aromatic carbocycles. The van der Waals surface area contributed by atoms with Gasteiger partial charge in [-0.3, -0.25) is 4.79 Å². The molecule has 0 saturated heterocycles. The first-order valence-electron chi connectivity index (χ1n) is 9.54. The quantitative estimate of drug-likeness (QED) is 0.771. The number of hydrazone groups is 1. The summed E-state index contributed by atoms with van der Waals surface area (Å²) >= 11 is 1.53. The molecule has 1 aliphatic heterocycles. The normalized spacial score (nSPS) is 20.2. The summed E-state index contributed by atoms with van der Waals surface area (Å²) in [7, 11) is 0. The van der Waals surface area contributed by atoms with E-state index in [1.165, 1.54) is 30.8 Å². The monoisotopic (exact) mass is 399 g/mol. The van der Waals surface area contributed by atoms with E-state index in [0.717, 1.165) is 24.0 Å². The predicted octanol–water partition coefficient (Wildman–Crippen LogP) is 4.62. The number of amides is 1. The van der Waals surface area contributed by atoms with Crippen LogP contribution in [0.4, 0.5) is 4.39 Å². The minimum absolute atomic E-state index is 0.0994. The van der Waals surface area contributed by atoms with Crippen LogP contribution < -0.4 is 5.73 Å². The van der Waals surface area contributed by atoms with Gasteiger partial charge in [-0.15, -0.1) is 0 Å². The van der Waals surface area contributed by atoms with Crippen molar-refractivity contribution in [2.45, 2.75) is 38.5 Å². The molecule has 1 aliphatic rings. The standard InChI is InChI=1S/C22H26FN3OS/c1-4-18(12-13-24)22(20-11-6-5-8-15(20)2)26(16(3)27)25-21(28-22)17-9-7-10-19(23)14-17/h5-11,14,18H,4,12-13,24H2,1-3H3/t18-,22-/m0/s1. The van der Waals surface area contributed by atoms with E-state index in [0.29, 0.717) is 17.2 Å². The van der Waals surface area contributed by atoms with Crippen LogP contribution in [0.5, 0.6) is 0 Å². The number of carbonyl (C=O) groups excluding carboxylic acids is 1. The Balaban J connectivity index is 2.21. The Morgan fingerprint density at radius 3 is 2.64 bits per heavy atom. The van der Waals surface area contributed by atoms with Gasteiger partial charge in [-0.05, 0) is 55.5 Å². The molecule has 0 aliphatic carbocycles. The molecule has 2 aromatic rings. The van der Waals surface area contributed by atoms with Crippen molar-refractivity contribution in [2.24, 2.45) is 16.8 Å². The van der Waals surface area contributed by atoms with Crippen molar-refractivity contribution in [2.75, 3.05) is 6.54 Å². The summed E-state index contributed by atoms with van der Waals surface area (Å²) in [5.74, 6) is -0.363. The second kappa shape index (κ2) is 8.45. The number of hydrogen-bond acceptors (Lipinski definition) is 4. The first-order valence-corrected chi connectivity index (χ1v) is 10.4. The minimum atomic E-state index is -0.701. The highest BCUT2D eigenvalue weighted by molar-refractivity contribution is 8.15. The highest BCUT2D eigenvalue weighted by Gasteiger charge is 2.52. The number of rotatable bonds is 6. The lowest BCUT2D eigenvalue weighted by Gasteiger charge is -2.42. The third kappa shape index (κ3) is 3.59. The maximum atomic E-state index is 13.8. The molecule has 6 heteroatoms. The Bertz CT molecular complexity index is 901. The van der Waals surface area contributed by atoms with Crippen molar-refractivity contribution < 1.29 is 9.18 Å². The van der Waals surface area contributed by atoms with Crippen LogP contribution in [0.2, 0.25) is 0 Å². The van der Waals surface area contributed by atoms with Gasteiger partial charge in [-0.1, -0.05) is 55.1 Å². The number of carbonyl (C=O) groups is 1. The van der Waals surface area contributed by atoms with Gasteiger partial charge < -0.3 is 5.73 Å². The van der Waals surface area contributed by atoms with Crippen LogP contribution in [0.3, 0.4) is 0 Å². The number of halogens is 1. The molecule has 0 unspecified atom stereocenters. The maximum absolute atomic E-state index is 13.8. The lowest BCUT2D eigenvalue weighted by atomic mass is 9.85. The molecule has 0 fully saturated rings. The summed E-state index contributed by atoms with van der Waals surface area (Å²) in [5.41, 5.74) is 8.75. The van der Waals surface area contributed by atoms with Crippen LogP contribution in [-0.4, -0.2) is 22.5 Å². The highest BCUT2D eigenvalue weighted by atomic mass is 32.2. The van der Waals surface area contributed by atoms with E-state index < -0.39 is 4.87 Å². The topological polar surface area (TPSA) is 58.7 Å². The molecule has 4 nitrogen and oxygen atoms in total. The predicted molar refractivity (Wildman–Crippen MR) is 113 cm³/mol. The number of nitrogens with zero attached hydrogens (tertiary/aromatic N) is 2. The molecule has 3 rings (SSSR count). The number of benzene rings is 2. The van der Waals surface area contributed by atoms with E-state index in [-0.39, 0.29) is 17.6 Å². The van der Waals surface area contributed by atoms with Crippen LogP contribution >= 0.6 is 11.8 Å².